The molecule has 106 valence electrons. The van der Waals surface area contributed by atoms with Crippen LogP contribution < -0.4 is 4.90 Å². The number of fused-ring (bicyclic) bond motifs is 1. The monoisotopic (exact) mass is 261 g/mol. The SMILES string of the molecule is CCCC(C)(CO)CN1CCCCc2ccccc21. The van der Waals surface area contributed by atoms with Gasteiger partial charge in [0.1, 0.15) is 0 Å². The zero-order valence-electron chi connectivity index (χ0n) is 12.4. The third-order valence-corrected chi connectivity index (χ3v) is 4.26. The van der Waals surface area contributed by atoms with Crippen LogP contribution in [-0.2, 0) is 6.42 Å². The van der Waals surface area contributed by atoms with E-state index >= 15 is 0 Å². The molecule has 2 rings (SSSR count). The molecule has 0 aliphatic carbocycles. The Morgan fingerprint density at radius 3 is 2.79 bits per heavy atom. The van der Waals surface area contributed by atoms with Crippen LogP contribution in [0.5, 0.6) is 0 Å². The van der Waals surface area contributed by atoms with Crippen molar-refractivity contribution in [1.82, 2.24) is 0 Å². The van der Waals surface area contributed by atoms with Crippen LogP contribution in [0.1, 0.15) is 45.1 Å². The highest BCUT2D eigenvalue weighted by molar-refractivity contribution is 5.54. The Bertz CT molecular complexity index is 404. The molecule has 1 unspecified atom stereocenters. The van der Waals surface area contributed by atoms with Gasteiger partial charge in [0.25, 0.3) is 0 Å². The fourth-order valence-corrected chi connectivity index (χ4v) is 3.21. The van der Waals surface area contributed by atoms with E-state index in [1.807, 2.05) is 0 Å². The van der Waals surface area contributed by atoms with Gasteiger partial charge in [-0.1, -0.05) is 38.5 Å². The van der Waals surface area contributed by atoms with Gasteiger partial charge >= 0.3 is 0 Å². The van der Waals surface area contributed by atoms with Crippen LogP contribution in [0, 0.1) is 5.41 Å². The molecule has 0 radical (unpaired) electrons. The van der Waals surface area contributed by atoms with E-state index < -0.39 is 0 Å². The van der Waals surface area contributed by atoms with Crippen LogP contribution in [0.4, 0.5) is 5.69 Å². The molecular weight excluding hydrogens is 234 g/mol. The predicted octanol–water partition coefficient (Wildman–Crippen LogP) is 3.63. The molecule has 1 aromatic rings. The summed E-state index contributed by atoms with van der Waals surface area (Å²) in [5, 5.41) is 9.74. The third kappa shape index (κ3) is 3.50. The van der Waals surface area contributed by atoms with Crippen LogP contribution in [0.2, 0.25) is 0 Å². The highest BCUT2D eigenvalue weighted by atomic mass is 16.3. The number of benzene rings is 1. The van der Waals surface area contributed by atoms with Crippen LogP contribution in [0.15, 0.2) is 24.3 Å². The van der Waals surface area contributed by atoms with Crippen molar-refractivity contribution in [3.63, 3.8) is 0 Å². The van der Waals surface area contributed by atoms with Crippen molar-refractivity contribution in [3.8, 4) is 0 Å². The average Bonchev–Trinajstić information content (AvgIpc) is 2.62. The first-order chi connectivity index (χ1) is 9.18. The van der Waals surface area contributed by atoms with Crippen LogP contribution in [0.25, 0.3) is 0 Å². The summed E-state index contributed by atoms with van der Waals surface area (Å²) in [6, 6.07) is 8.76. The van der Waals surface area contributed by atoms with Crippen molar-refractivity contribution in [3.05, 3.63) is 29.8 Å². The fourth-order valence-electron chi connectivity index (χ4n) is 3.21. The lowest BCUT2D eigenvalue weighted by atomic mass is 9.85. The minimum Gasteiger partial charge on any atom is -0.396 e. The van der Waals surface area contributed by atoms with Gasteiger partial charge in [-0.25, -0.2) is 0 Å². The molecule has 1 N–H and O–H groups in total. The molecule has 1 aliphatic rings. The summed E-state index contributed by atoms with van der Waals surface area (Å²) in [4.78, 5) is 2.49. The van der Waals surface area contributed by atoms with E-state index in [9.17, 15) is 5.11 Å². The normalized spacial score (nSPS) is 18.6. The smallest absolute Gasteiger partial charge is 0.0501 e. The average molecular weight is 261 g/mol. The summed E-state index contributed by atoms with van der Waals surface area (Å²) in [7, 11) is 0. The van der Waals surface area contributed by atoms with Crippen LogP contribution in [0.3, 0.4) is 0 Å². The Labute approximate surface area is 117 Å². The van der Waals surface area contributed by atoms with Crippen LogP contribution in [-0.4, -0.2) is 24.8 Å². The van der Waals surface area contributed by atoms with Gasteiger partial charge in [-0.15, -0.1) is 0 Å². The zero-order chi connectivity index (χ0) is 13.7. The van der Waals surface area contributed by atoms with Gasteiger partial charge in [0, 0.05) is 24.2 Å². The minimum absolute atomic E-state index is 0.0200. The topological polar surface area (TPSA) is 23.5 Å². The Morgan fingerprint density at radius 1 is 1.26 bits per heavy atom. The van der Waals surface area contributed by atoms with E-state index in [0.717, 1.165) is 25.9 Å². The van der Waals surface area contributed by atoms with Gasteiger partial charge in [-0.2, -0.15) is 0 Å². The maximum atomic E-state index is 9.74. The number of anilines is 1. The van der Waals surface area contributed by atoms with Gasteiger partial charge in [-0.05, 0) is 37.3 Å². The van der Waals surface area contributed by atoms with Crippen molar-refractivity contribution in [1.29, 1.82) is 0 Å². The summed E-state index contributed by atoms with van der Waals surface area (Å²) in [6.45, 7) is 6.78. The molecule has 2 nitrogen and oxygen atoms in total. The minimum atomic E-state index is 0.0200. The van der Waals surface area contributed by atoms with E-state index in [4.69, 9.17) is 0 Å². The Hall–Kier alpha value is -1.02. The zero-order valence-corrected chi connectivity index (χ0v) is 12.4. The van der Waals surface area contributed by atoms with Crippen molar-refractivity contribution >= 4 is 5.69 Å². The predicted molar refractivity (Wildman–Crippen MR) is 81.7 cm³/mol. The fraction of sp³-hybridized carbons (Fsp3) is 0.647. The Kier molecular flexibility index (Phi) is 4.87. The van der Waals surface area contributed by atoms with E-state index in [0.29, 0.717) is 0 Å². The molecular formula is C17H27NO. The maximum Gasteiger partial charge on any atom is 0.0501 e. The summed E-state index contributed by atoms with van der Waals surface area (Å²) in [6.07, 6.45) is 5.93. The van der Waals surface area contributed by atoms with Gasteiger partial charge in [0.05, 0.1) is 6.61 Å². The first-order valence-electron chi connectivity index (χ1n) is 7.62. The molecule has 1 aliphatic heterocycles. The molecule has 0 spiro atoms. The molecule has 0 amide bonds. The van der Waals surface area contributed by atoms with Gasteiger partial charge < -0.3 is 10.0 Å². The molecule has 0 bridgehead atoms. The van der Waals surface area contributed by atoms with E-state index in [2.05, 4.69) is 43.0 Å². The third-order valence-electron chi connectivity index (χ3n) is 4.26. The number of nitrogens with zero attached hydrogens (tertiary/aromatic N) is 1. The second kappa shape index (κ2) is 6.42. The maximum absolute atomic E-state index is 9.74. The number of aliphatic hydroxyl groups is 1. The molecule has 1 heterocycles. The number of hydrogen-bond acceptors (Lipinski definition) is 2. The van der Waals surface area contributed by atoms with Gasteiger partial charge in [0.15, 0.2) is 0 Å². The van der Waals surface area contributed by atoms with Crippen molar-refractivity contribution in [2.24, 2.45) is 5.41 Å². The lowest BCUT2D eigenvalue weighted by Crippen LogP contribution is -2.39. The molecule has 0 saturated heterocycles. The summed E-state index contributed by atoms with van der Waals surface area (Å²) in [5.41, 5.74) is 2.87. The summed E-state index contributed by atoms with van der Waals surface area (Å²) in [5.74, 6) is 0. The first-order valence-corrected chi connectivity index (χ1v) is 7.62. The lowest BCUT2D eigenvalue weighted by molar-refractivity contribution is 0.136. The largest absolute Gasteiger partial charge is 0.396 e. The molecule has 2 heteroatoms. The highest BCUT2D eigenvalue weighted by Crippen LogP contribution is 2.31. The van der Waals surface area contributed by atoms with Crippen LogP contribution >= 0.6 is 0 Å². The second-order valence-corrected chi connectivity index (χ2v) is 6.23. The van der Waals surface area contributed by atoms with Crippen molar-refractivity contribution in [2.45, 2.75) is 46.0 Å². The first kappa shape index (κ1) is 14.4. The number of hydrogen-bond donors (Lipinski definition) is 1. The quantitative estimate of drug-likeness (QED) is 0.875. The number of para-hydroxylation sites is 1. The van der Waals surface area contributed by atoms with Crippen molar-refractivity contribution < 1.29 is 5.11 Å². The molecule has 0 aromatic heterocycles. The van der Waals surface area contributed by atoms with E-state index in [1.165, 1.54) is 30.5 Å². The lowest BCUT2D eigenvalue weighted by Gasteiger charge is -2.35. The highest BCUT2D eigenvalue weighted by Gasteiger charge is 2.27. The standard InChI is InChI=1S/C17H27NO/c1-3-11-17(2,14-19)13-18-12-7-6-9-15-8-4-5-10-16(15)18/h4-5,8,10,19H,3,6-7,9,11-14H2,1-2H3. The molecule has 1 aromatic carbocycles. The number of aryl methyl sites for hydroxylation is 1. The number of rotatable bonds is 5. The summed E-state index contributed by atoms with van der Waals surface area (Å²) >= 11 is 0. The van der Waals surface area contributed by atoms with E-state index in [1.54, 1.807) is 0 Å². The van der Waals surface area contributed by atoms with E-state index in [-0.39, 0.29) is 12.0 Å². The van der Waals surface area contributed by atoms with Crippen molar-refractivity contribution in [2.75, 3.05) is 24.6 Å². The van der Waals surface area contributed by atoms with Gasteiger partial charge in [-0.3, -0.25) is 0 Å². The molecule has 1 atom stereocenters. The molecule has 19 heavy (non-hydrogen) atoms. The second-order valence-electron chi connectivity index (χ2n) is 6.23. The Balaban J connectivity index is 2.19. The number of aliphatic hydroxyl groups excluding tert-OH is 1. The Morgan fingerprint density at radius 2 is 2.05 bits per heavy atom. The molecule has 0 saturated carbocycles. The van der Waals surface area contributed by atoms with Gasteiger partial charge in [0.2, 0.25) is 0 Å². The molecule has 0 fully saturated rings. The summed E-state index contributed by atoms with van der Waals surface area (Å²) < 4.78 is 0.